The average molecular weight is 2040 g/mol. The van der Waals surface area contributed by atoms with E-state index in [1.54, 1.807) is 6.92 Å². The van der Waals surface area contributed by atoms with Crippen LogP contribution in [0.3, 0.4) is 0 Å². The van der Waals surface area contributed by atoms with E-state index in [9.17, 15) is 63.4 Å². The van der Waals surface area contributed by atoms with Gasteiger partial charge in [0.1, 0.15) is 26.2 Å². The lowest BCUT2D eigenvalue weighted by Crippen LogP contribution is -2.53. The van der Waals surface area contributed by atoms with E-state index in [0.29, 0.717) is 149 Å². The van der Waals surface area contributed by atoms with Gasteiger partial charge in [-0.3, -0.25) is 9.59 Å². The average Bonchev–Trinajstić information content (AvgIpc) is 0.844. The van der Waals surface area contributed by atoms with Crippen LogP contribution >= 0.6 is 0 Å². The van der Waals surface area contributed by atoms with E-state index in [2.05, 4.69) is 306 Å². The van der Waals surface area contributed by atoms with Gasteiger partial charge in [0.05, 0.1) is 78.2 Å². The fourth-order valence-corrected chi connectivity index (χ4v) is 23.4. The summed E-state index contributed by atoms with van der Waals surface area (Å²) in [6.07, 6.45) is 19.3. The van der Waals surface area contributed by atoms with Gasteiger partial charge in [0, 0.05) is 83.8 Å². The molecular weight excluding hydrogens is 1830 g/mol. The zero-order valence-electron chi connectivity index (χ0n) is 95.4. The molecule has 0 spiro atoms. The van der Waals surface area contributed by atoms with Crippen LogP contribution in [0.5, 0.6) is 0 Å². The van der Waals surface area contributed by atoms with Gasteiger partial charge in [-0.05, 0) is 219 Å². The first-order valence-electron chi connectivity index (χ1n) is 51.6. The van der Waals surface area contributed by atoms with Crippen LogP contribution in [-0.2, 0) is 69.8 Å². The molecule has 0 radical (unpaired) electrons. The Bertz CT molecular complexity index is 4210. The number of likely N-dealkylation sites (tertiary alicyclic amines) is 1. The normalized spacial score (nSPS) is 25.2. The minimum Gasteiger partial charge on any atom is -0.393 e. The van der Waals surface area contributed by atoms with E-state index in [1.807, 2.05) is 4.90 Å². The van der Waals surface area contributed by atoms with E-state index in [4.69, 9.17) is 18.6 Å². The molecule has 0 bridgehead atoms. The standard InChI is InChI=1S/C9H17NO.2C9H18O2S.3C9H18O.C8H14N2O.C8H17NO2S.C8H16O2.C8H16O.C7H13N3.C7H12N2O2.C7H14O2S/c1-7(11)10-5-8(6-10)9(2,3)4;1-9(2,3)7-5-8(6-7)12(4,10)11;1-9(2,3)8-4-6-12(10,11)7-5-8;1-9(2,3)8-4-6-10-7-5-8;1-9(2,3)7-4-5-8(10)6-7;1-9(2,3)7-5-4-6-8(7)10;1-8(2,3)5-6-4-7(11)10-9-6;1-8(2,3)7-5-9(6-7)12(4,10)11;1-8(2,3)6-4-10-5-7(6)9;1-8(2,3)7-4-5-9-6-7;1-7(2,3)4-6-5-8-10-9-6;1-7(2,3)4-5-8-9-6(10)11-5;1-7(2,3)6-4-10(8,9)5-6/h8H,5-6H2,1-4H3;7-8H,5-6H2,1-4H3;8H,4-7H2,1-3H3;8H,4-7H2,1-3H3;2*7-8,10H,4-6H2,1-3H3;4-5H2,1-3H3,(H,10,11);7H,5-6H2,1-4H3;6-7,9H,4-5H2,1-3H3;7H,4-6H2,1-3H3;4-5H2,1-3H3;4H2,1-3H3,(H,9,10);6H,4-5H2,1-3H3. The molecule has 10 fully saturated rings. The third-order valence-corrected chi connectivity index (χ3v) is 35.1. The minimum atomic E-state index is -2.93. The number of sulfone groups is 3. The molecular formula is C107H209N9O18S4. The fraction of sp³-hybridized carbons (Fsp3) is 0.944. The number of H-pyrrole nitrogens is 1. The molecule has 3 saturated carbocycles. The van der Waals surface area contributed by atoms with Gasteiger partial charge >= 0.3 is 5.76 Å². The summed E-state index contributed by atoms with van der Waals surface area (Å²) in [5, 5.41) is 49.2. The Labute approximate surface area is 843 Å². The van der Waals surface area contributed by atoms with Gasteiger partial charge in [-0.1, -0.05) is 276 Å². The van der Waals surface area contributed by atoms with Crippen LogP contribution in [0.15, 0.2) is 29.8 Å². The van der Waals surface area contributed by atoms with Crippen molar-refractivity contribution in [3.8, 4) is 0 Å². The highest BCUT2D eigenvalue weighted by atomic mass is 32.2. The van der Waals surface area contributed by atoms with Crippen molar-refractivity contribution >= 4 is 62.8 Å². The Kier molecular flexibility index (Phi) is 52.1. The van der Waals surface area contributed by atoms with E-state index >= 15 is 0 Å². The summed E-state index contributed by atoms with van der Waals surface area (Å²) in [4.78, 5) is 33.9. The summed E-state index contributed by atoms with van der Waals surface area (Å²) >= 11 is 0. The van der Waals surface area contributed by atoms with Crippen molar-refractivity contribution in [2.75, 3.05) is 108 Å². The Hall–Kier alpha value is -3.66. The molecule has 7 unspecified atom stereocenters. The second-order valence-corrected chi connectivity index (χ2v) is 64.7. The molecule has 138 heavy (non-hydrogen) atoms. The zero-order chi connectivity index (χ0) is 108. The lowest BCUT2D eigenvalue weighted by Gasteiger charge is -2.45. The minimum absolute atomic E-state index is 0.00998. The van der Waals surface area contributed by atoms with Gasteiger partial charge in [0.25, 0.3) is 0 Å². The van der Waals surface area contributed by atoms with Crippen LogP contribution in [0, 0.1) is 130 Å². The number of amides is 2. The highest BCUT2D eigenvalue weighted by molar-refractivity contribution is 7.92. The molecule has 10 heterocycles. The number of aromatic nitrogens is 2. The summed E-state index contributed by atoms with van der Waals surface area (Å²) in [6, 6.07) is 0. The molecule has 27 nitrogen and oxygen atoms in total. The lowest BCUT2D eigenvalue weighted by molar-refractivity contribution is -0.137. The number of hydrogen-bond acceptors (Lipinski definition) is 23. The summed E-state index contributed by atoms with van der Waals surface area (Å²) in [5.41, 5.74) is 8.32. The third-order valence-electron chi connectivity index (χ3n) is 28.8. The van der Waals surface area contributed by atoms with E-state index in [0.717, 1.165) is 126 Å². The van der Waals surface area contributed by atoms with Crippen LogP contribution in [0.25, 0.3) is 0 Å². The number of hydrogen-bond donors (Lipinski definition) is 5. The van der Waals surface area contributed by atoms with Gasteiger partial charge in [-0.25, -0.2) is 53.3 Å². The Morgan fingerprint density at radius 1 is 0.435 bits per heavy atom. The van der Waals surface area contributed by atoms with Gasteiger partial charge in [0.2, 0.25) is 27.7 Å². The number of carbonyl (C=O) groups is 2. The maximum atomic E-state index is 11.1. The maximum Gasteiger partial charge on any atom is 0.434 e. The van der Waals surface area contributed by atoms with Crippen LogP contribution in [0.2, 0.25) is 0 Å². The first kappa shape index (κ1) is 132. The second-order valence-electron chi connectivity index (χ2n) is 56.0. The topological polar surface area (TPSA) is 386 Å². The van der Waals surface area contributed by atoms with Crippen molar-refractivity contribution < 1.29 is 77.2 Å². The van der Waals surface area contributed by atoms with Gasteiger partial charge in [0.15, 0.2) is 9.84 Å². The number of aliphatic hydroxyl groups is 3. The van der Waals surface area contributed by atoms with E-state index in [-0.39, 0.29) is 73.3 Å². The fourth-order valence-electron chi connectivity index (χ4n) is 17.7. The molecule has 7 atom stereocenters. The monoisotopic (exact) mass is 2040 g/mol. The smallest absolute Gasteiger partial charge is 0.393 e. The number of carbonyl (C=O) groups excluding carboxylic acids is 2. The molecule has 7 saturated heterocycles. The Morgan fingerprint density at radius 2 is 0.862 bits per heavy atom. The molecule has 9 aliphatic heterocycles. The van der Waals surface area contributed by atoms with Gasteiger partial charge in [-0.15, -0.1) is 10.2 Å². The molecule has 814 valence electrons. The number of aliphatic hydroxyl groups excluding tert-OH is 3. The largest absolute Gasteiger partial charge is 0.434 e. The number of ether oxygens (including phenoxy) is 3. The van der Waals surface area contributed by atoms with Gasteiger partial charge in [-0.2, -0.15) is 10.2 Å². The molecule has 2 amide bonds. The Morgan fingerprint density at radius 3 is 1.13 bits per heavy atom. The van der Waals surface area contributed by atoms with Crippen molar-refractivity contribution in [1.29, 1.82) is 0 Å². The molecule has 3 aliphatic carbocycles. The SMILES string of the molecule is CC(=O)N1CC(C(C)(C)C)C1.CC(C)(C)C1CC(S(C)(=O)=O)C1.CC(C)(C)C1CCC(O)C1.CC(C)(C)C1CCCC1O.CC(C)(C)C1CCOC1.CC(C)(C)C1CCOCC1.CC(C)(C)C1CCS(=O)(=O)CC1.CC(C)(C)C1CN(S(C)(=O)=O)C1.CC(C)(C)C1COCC1O.CC(C)(C)C1CS(=O)(=O)C1.CC(C)(C)CC1=NN=NC1.CC(C)(C)CC1=NNC(=O)C1.CC(C)(C)Cc1n[nH]c(=O)o1. The molecule has 1 aromatic heterocycles. The molecule has 31 heteroatoms. The number of nitrogens with one attached hydrogen (secondary N) is 2. The molecule has 13 rings (SSSR count). The van der Waals surface area contributed by atoms with Crippen LogP contribution in [0.4, 0.5) is 0 Å². The molecule has 1 aromatic rings. The number of rotatable bonds is 5. The summed E-state index contributed by atoms with van der Waals surface area (Å²) in [5.74, 6) is 7.86. The lowest BCUT2D eigenvalue weighted by atomic mass is 9.68. The quantitative estimate of drug-likeness (QED) is 0.183. The first-order valence-corrected chi connectivity index (χ1v) is 59.1. The first-order chi connectivity index (χ1) is 61.7. The third kappa shape index (κ3) is 55.8. The molecule has 12 aliphatic rings. The number of nitrogens with zero attached hydrogens (tertiary/aromatic N) is 7. The second kappa shape index (κ2) is 54.3. The maximum absolute atomic E-state index is 11.1. The number of aromatic amines is 1. The molecule has 0 aromatic carbocycles. The van der Waals surface area contributed by atoms with Crippen molar-refractivity contribution in [2.24, 2.45) is 150 Å². The van der Waals surface area contributed by atoms with Gasteiger partial charge < -0.3 is 38.8 Å². The highest BCUT2D eigenvalue weighted by Gasteiger charge is 2.45. The zero-order valence-corrected chi connectivity index (χ0v) is 98.7. The van der Waals surface area contributed by atoms with E-state index in [1.165, 1.54) is 55.3 Å². The predicted molar refractivity (Wildman–Crippen MR) is 570 cm³/mol. The van der Waals surface area contributed by atoms with Crippen molar-refractivity contribution in [2.45, 2.75) is 410 Å². The van der Waals surface area contributed by atoms with Crippen molar-refractivity contribution in [3.05, 3.63) is 16.4 Å². The van der Waals surface area contributed by atoms with Crippen LogP contribution in [-0.4, -0.2) is 223 Å². The number of sulfonamides is 1. The van der Waals surface area contributed by atoms with Crippen molar-refractivity contribution in [3.63, 3.8) is 0 Å². The van der Waals surface area contributed by atoms with Crippen LogP contribution in [0.1, 0.15) is 386 Å². The van der Waals surface area contributed by atoms with Crippen molar-refractivity contribution in [1.82, 2.24) is 24.8 Å². The number of hydrazone groups is 1. The predicted octanol–water partition coefficient (Wildman–Crippen LogP) is 21.7. The van der Waals surface area contributed by atoms with Crippen LogP contribution < -0.4 is 11.2 Å². The van der Waals surface area contributed by atoms with E-state index < -0.39 is 45.3 Å². The summed E-state index contributed by atoms with van der Waals surface area (Å²) in [7, 11) is -11.0. The summed E-state index contributed by atoms with van der Waals surface area (Å²) in [6.45, 7) is 96.1. The summed E-state index contributed by atoms with van der Waals surface area (Å²) < 4.78 is 110. The Balaban J connectivity index is 0.000000748. The molecule has 5 N–H and O–H groups in total. The highest BCUT2D eigenvalue weighted by Crippen LogP contribution is 2.46.